The predicted octanol–water partition coefficient (Wildman–Crippen LogP) is 4.90. The van der Waals surface area contributed by atoms with E-state index in [-0.39, 0.29) is 17.7 Å². The van der Waals surface area contributed by atoms with Gasteiger partial charge in [-0.3, -0.25) is 9.59 Å². The Morgan fingerprint density at radius 2 is 1.55 bits per heavy atom. The minimum Gasteiger partial charge on any atom is -0.355 e. The number of thioether (sulfide) groups is 1. The molecule has 0 aromatic heterocycles. The molecular formula is C22H24Cl2N2O2S. The monoisotopic (exact) mass is 450 g/mol. The molecule has 1 aliphatic heterocycles. The summed E-state index contributed by atoms with van der Waals surface area (Å²) in [6.07, 6.45) is 1.40. The molecule has 1 fully saturated rings. The van der Waals surface area contributed by atoms with Gasteiger partial charge in [-0.2, -0.15) is 11.8 Å². The third-order valence-electron chi connectivity index (χ3n) is 4.97. The van der Waals surface area contributed by atoms with Gasteiger partial charge in [-0.05, 0) is 54.8 Å². The van der Waals surface area contributed by atoms with Crippen molar-refractivity contribution < 1.29 is 9.59 Å². The molecule has 29 heavy (non-hydrogen) atoms. The summed E-state index contributed by atoms with van der Waals surface area (Å²) in [7, 11) is 0. The van der Waals surface area contributed by atoms with Crippen LogP contribution >= 0.6 is 35.0 Å². The molecule has 1 heterocycles. The van der Waals surface area contributed by atoms with Crippen molar-refractivity contribution >= 4 is 46.8 Å². The van der Waals surface area contributed by atoms with Crippen LogP contribution < -0.4 is 5.32 Å². The van der Waals surface area contributed by atoms with E-state index in [9.17, 15) is 9.59 Å². The summed E-state index contributed by atoms with van der Waals surface area (Å²) in [5.41, 5.74) is 1.86. The summed E-state index contributed by atoms with van der Waals surface area (Å²) in [6.45, 7) is 1.86. The Balaban J connectivity index is 1.33. The van der Waals surface area contributed by atoms with Crippen LogP contribution in [0.25, 0.3) is 0 Å². The molecule has 2 amide bonds. The number of piperidine rings is 1. The van der Waals surface area contributed by atoms with Crippen molar-refractivity contribution in [1.82, 2.24) is 10.2 Å². The second-order valence-corrected chi connectivity index (χ2v) is 9.02. The van der Waals surface area contributed by atoms with E-state index in [0.29, 0.717) is 43.1 Å². The number of halogens is 2. The second-order valence-electron chi connectivity index (χ2n) is 7.04. The molecule has 0 spiro atoms. The standard InChI is InChI=1S/C22H24Cl2N2O2S/c23-19-5-1-16(2-6-19)15-29-14-11-25-21(27)17-9-12-26(13-10-17)22(28)18-3-7-20(24)8-4-18/h1-8,17H,9-15H2,(H,25,27). The van der Waals surface area contributed by atoms with E-state index in [2.05, 4.69) is 5.32 Å². The second kappa shape index (κ2) is 10.9. The zero-order valence-electron chi connectivity index (χ0n) is 16.1. The van der Waals surface area contributed by atoms with Gasteiger partial charge in [-0.25, -0.2) is 0 Å². The molecule has 0 unspecified atom stereocenters. The predicted molar refractivity (Wildman–Crippen MR) is 121 cm³/mol. The number of amides is 2. The molecule has 7 heteroatoms. The van der Waals surface area contributed by atoms with E-state index in [0.717, 1.165) is 16.5 Å². The number of nitrogens with zero attached hydrogens (tertiary/aromatic N) is 1. The van der Waals surface area contributed by atoms with Crippen LogP contribution in [0.15, 0.2) is 48.5 Å². The normalized spacial score (nSPS) is 14.6. The molecule has 0 bridgehead atoms. The van der Waals surface area contributed by atoms with Crippen molar-refractivity contribution in [2.24, 2.45) is 5.92 Å². The number of benzene rings is 2. The minimum absolute atomic E-state index is 0.000811. The van der Waals surface area contributed by atoms with Gasteiger partial charge in [0, 0.05) is 52.7 Å². The van der Waals surface area contributed by atoms with Crippen LogP contribution in [0.5, 0.6) is 0 Å². The van der Waals surface area contributed by atoms with Crippen molar-refractivity contribution in [2.45, 2.75) is 18.6 Å². The average Bonchev–Trinajstić information content (AvgIpc) is 2.75. The number of hydrogen-bond acceptors (Lipinski definition) is 3. The van der Waals surface area contributed by atoms with Crippen LogP contribution in [-0.4, -0.2) is 42.1 Å². The van der Waals surface area contributed by atoms with E-state index in [1.165, 1.54) is 5.56 Å². The highest BCUT2D eigenvalue weighted by molar-refractivity contribution is 7.98. The molecule has 0 radical (unpaired) electrons. The molecule has 0 aliphatic carbocycles. The molecule has 0 atom stereocenters. The van der Waals surface area contributed by atoms with Gasteiger partial charge < -0.3 is 10.2 Å². The van der Waals surface area contributed by atoms with Crippen LogP contribution in [0.3, 0.4) is 0 Å². The van der Waals surface area contributed by atoms with E-state index < -0.39 is 0 Å². The highest BCUT2D eigenvalue weighted by Gasteiger charge is 2.27. The Kier molecular flexibility index (Phi) is 8.28. The van der Waals surface area contributed by atoms with Gasteiger partial charge in [0.25, 0.3) is 5.91 Å². The summed E-state index contributed by atoms with van der Waals surface area (Å²) in [5, 5.41) is 4.39. The molecule has 2 aromatic carbocycles. The first kappa shape index (κ1) is 22.0. The molecule has 1 saturated heterocycles. The van der Waals surface area contributed by atoms with Crippen molar-refractivity contribution in [3.63, 3.8) is 0 Å². The molecule has 1 aliphatic rings. The SMILES string of the molecule is O=C(NCCSCc1ccc(Cl)cc1)C1CCN(C(=O)c2ccc(Cl)cc2)CC1. The largest absolute Gasteiger partial charge is 0.355 e. The van der Waals surface area contributed by atoms with Crippen molar-refractivity contribution in [3.8, 4) is 0 Å². The lowest BCUT2D eigenvalue weighted by molar-refractivity contribution is -0.126. The molecule has 0 saturated carbocycles. The van der Waals surface area contributed by atoms with Gasteiger partial charge in [-0.15, -0.1) is 0 Å². The third kappa shape index (κ3) is 6.66. The number of rotatable bonds is 7. The first-order valence-electron chi connectivity index (χ1n) is 9.67. The van der Waals surface area contributed by atoms with Crippen LogP contribution in [0, 0.1) is 5.92 Å². The van der Waals surface area contributed by atoms with Gasteiger partial charge in [0.1, 0.15) is 0 Å². The summed E-state index contributed by atoms with van der Waals surface area (Å²) in [6, 6.07) is 14.8. The van der Waals surface area contributed by atoms with Crippen LogP contribution in [-0.2, 0) is 10.5 Å². The van der Waals surface area contributed by atoms with Crippen molar-refractivity contribution in [1.29, 1.82) is 0 Å². The summed E-state index contributed by atoms with van der Waals surface area (Å²) in [4.78, 5) is 26.8. The zero-order chi connectivity index (χ0) is 20.6. The maximum absolute atomic E-state index is 12.5. The molecule has 3 rings (SSSR count). The van der Waals surface area contributed by atoms with Gasteiger partial charge in [-0.1, -0.05) is 35.3 Å². The lowest BCUT2D eigenvalue weighted by Gasteiger charge is -2.31. The molecule has 2 aromatic rings. The van der Waals surface area contributed by atoms with Crippen molar-refractivity contribution in [3.05, 3.63) is 69.7 Å². The molecule has 4 nitrogen and oxygen atoms in total. The summed E-state index contributed by atoms with van der Waals surface area (Å²) < 4.78 is 0. The number of hydrogen-bond donors (Lipinski definition) is 1. The highest BCUT2D eigenvalue weighted by Crippen LogP contribution is 2.20. The summed E-state index contributed by atoms with van der Waals surface area (Å²) >= 11 is 13.5. The molecular weight excluding hydrogens is 427 g/mol. The Morgan fingerprint density at radius 1 is 0.966 bits per heavy atom. The van der Waals surface area contributed by atoms with Crippen LogP contribution in [0.2, 0.25) is 10.0 Å². The topological polar surface area (TPSA) is 49.4 Å². The first-order chi connectivity index (χ1) is 14.0. The Labute approximate surface area is 185 Å². The molecule has 154 valence electrons. The Hall–Kier alpha value is -1.69. The fraction of sp³-hybridized carbons (Fsp3) is 0.364. The summed E-state index contributed by atoms with van der Waals surface area (Å²) in [5.74, 6) is 1.83. The van der Waals surface area contributed by atoms with Crippen molar-refractivity contribution in [2.75, 3.05) is 25.4 Å². The Bertz CT molecular complexity index is 820. The minimum atomic E-state index is -0.0227. The van der Waals surface area contributed by atoms with Gasteiger partial charge in [0.2, 0.25) is 5.91 Å². The van der Waals surface area contributed by atoms with Gasteiger partial charge in [0.05, 0.1) is 0 Å². The van der Waals surface area contributed by atoms with Gasteiger partial charge in [0.15, 0.2) is 0 Å². The van der Waals surface area contributed by atoms with Crippen LogP contribution in [0.1, 0.15) is 28.8 Å². The van der Waals surface area contributed by atoms with E-state index in [1.54, 1.807) is 36.0 Å². The smallest absolute Gasteiger partial charge is 0.253 e. The van der Waals surface area contributed by atoms with E-state index in [4.69, 9.17) is 23.2 Å². The first-order valence-corrected chi connectivity index (χ1v) is 11.6. The quantitative estimate of drug-likeness (QED) is 0.610. The zero-order valence-corrected chi connectivity index (χ0v) is 18.4. The maximum Gasteiger partial charge on any atom is 0.253 e. The number of likely N-dealkylation sites (tertiary alicyclic amines) is 1. The molecule has 1 N–H and O–H groups in total. The maximum atomic E-state index is 12.5. The Morgan fingerprint density at radius 3 is 2.17 bits per heavy atom. The third-order valence-corrected chi connectivity index (χ3v) is 6.51. The fourth-order valence-electron chi connectivity index (χ4n) is 3.28. The van der Waals surface area contributed by atoms with Crippen LogP contribution in [0.4, 0.5) is 0 Å². The lowest BCUT2D eigenvalue weighted by atomic mass is 9.95. The fourth-order valence-corrected chi connectivity index (χ4v) is 4.35. The number of nitrogens with one attached hydrogen (secondary N) is 1. The number of carbonyl (C=O) groups excluding carboxylic acids is 2. The van der Waals surface area contributed by atoms with E-state index >= 15 is 0 Å². The average molecular weight is 451 g/mol. The lowest BCUT2D eigenvalue weighted by Crippen LogP contribution is -2.43. The highest BCUT2D eigenvalue weighted by atomic mass is 35.5. The number of carbonyl (C=O) groups is 2. The van der Waals surface area contributed by atoms with Gasteiger partial charge >= 0.3 is 0 Å². The van der Waals surface area contributed by atoms with E-state index in [1.807, 2.05) is 29.2 Å².